The van der Waals surface area contributed by atoms with Gasteiger partial charge in [0.15, 0.2) is 4.87 Å². The second-order valence-corrected chi connectivity index (χ2v) is 4.34. The van der Waals surface area contributed by atoms with Gasteiger partial charge in [0.05, 0.1) is 0 Å². The van der Waals surface area contributed by atoms with Gasteiger partial charge in [-0.1, -0.05) is 13.3 Å². The van der Waals surface area contributed by atoms with E-state index in [2.05, 4.69) is 11.6 Å². The smallest absolute Gasteiger partial charge is 0.194 e. The minimum absolute atomic E-state index is 0.832. The van der Waals surface area contributed by atoms with Crippen LogP contribution in [0.2, 0.25) is 0 Å². The zero-order chi connectivity index (χ0) is 15.9. The van der Waals surface area contributed by atoms with Crippen LogP contribution in [-0.4, -0.2) is 29.1 Å². The normalized spacial score (nSPS) is 15.8. The van der Waals surface area contributed by atoms with Crippen molar-refractivity contribution < 1.29 is 43.9 Å². The molecular weight excluding hydrogens is 322 g/mol. The number of rotatable bonds is 4. The third-order valence-electron chi connectivity index (χ3n) is 2.30. The molecular formula is C8H7ClF10. The predicted molar refractivity (Wildman–Crippen MR) is 45.5 cm³/mol. The Morgan fingerprint density at radius 1 is 0.684 bits per heavy atom. The van der Waals surface area contributed by atoms with Gasteiger partial charge in [-0.05, 0) is 6.42 Å². The summed E-state index contributed by atoms with van der Waals surface area (Å²) in [6.45, 7) is 0.843. The van der Waals surface area contributed by atoms with Crippen molar-refractivity contribution in [3.63, 3.8) is 0 Å². The van der Waals surface area contributed by atoms with Crippen LogP contribution < -0.4 is 0 Å². The Bertz CT molecular complexity index is 288. The first-order valence-electron chi connectivity index (χ1n) is 4.64. The molecule has 11 heteroatoms. The van der Waals surface area contributed by atoms with Gasteiger partial charge in [-0.2, -0.15) is 43.9 Å². The number of halogens is 11. The molecule has 0 atom stereocenters. The van der Waals surface area contributed by atoms with E-state index in [4.69, 9.17) is 0 Å². The maximum absolute atomic E-state index is 13.0. The van der Waals surface area contributed by atoms with Crippen LogP contribution >= 0.6 is 11.6 Å². The summed E-state index contributed by atoms with van der Waals surface area (Å²) in [5.41, 5.74) is 0. The Morgan fingerprint density at radius 3 is 1.11 bits per heavy atom. The highest BCUT2D eigenvalue weighted by Gasteiger charge is 2.83. The fraction of sp³-hybridized carbons (Fsp3) is 1.00. The van der Waals surface area contributed by atoms with Crippen molar-refractivity contribution >= 4 is 11.6 Å². The first-order chi connectivity index (χ1) is 8.06. The molecule has 0 heterocycles. The van der Waals surface area contributed by atoms with Gasteiger partial charge in [0.1, 0.15) is 0 Å². The molecule has 0 aromatic carbocycles. The van der Waals surface area contributed by atoms with E-state index in [0.29, 0.717) is 0 Å². The van der Waals surface area contributed by atoms with Gasteiger partial charge in [-0.15, -0.1) is 11.6 Å². The van der Waals surface area contributed by atoms with Crippen molar-refractivity contribution in [3.8, 4) is 0 Å². The van der Waals surface area contributed by atoms with E-state index in [0.717, 1.165) is 6.92 Å². The fourth-order valence-corrected chi connectivity index (χ4v) is 1.71. The lowest BCUT2D eigenvalue weighted by molar-refractivity contribution is -0.363. The number of hydrogen-bond donors (Lipinski definition) is 0. The number of alkyl halides is 11. The van der Waals surface area contributed by atoms with Crippen LogP contribution in [-0.2, 0) is 0 Å². The summed E-state index contributed by atoms with van der Waals surface area (Å²) in [6.07, 6.45) is -16.0. The Kier molecular flexibility index (Phi) is 4.75. The van der Waals surface area contributed by atoms with Crippen molar-refractivity contribution in [2.24, 2.45) is 0 Å². The average molecular weight is 329 g/mol. The topological polar surface area (TPSA) is 0 Å². The standard InChI is InChI=1S/C8H7ClF10/c1-2-3-4(9,5(10,11)7(14,15)16)6(12,13)8(17,18)19/h2-3H2,1H3. The van der Waals surface area contributed by atoms with E-state index >= 15 is 0 Å². The molecule has 0 radical (unpaired) electrons. The highest BCUT2D eigenvalue weighted by Crippen LogP contribution is 2.59. The Hall–Kier alpha value is -0.410. The molecule has 0 bridgehead atoms. The zero-order valence-corrected chi connectivity index (χ0v) is 9.83. The molecule has 0 rings (SSSR count). The molecule has 0 amide bonds. The van der Waals surface area contributed by atoms with Gasteiger partial charge >= 0.3 is 24.2 Å². The highest BCUT2D eigenvalue weighted by molar-refractivity contribution is 6.25. The van der Waals surface area contributed by atoms with E-state index in [-0.39, 0.29) is 0 Å². The van der Waals surface area contributed by atoms with Gasteiger partial charge in [-0.3, -0.25) is 0 Å². The lowest BCUT2D eigenvalue weighted by Crippen LogP contribution is -2.67. The second-order valence-electron chi connectivity index (χ2n) is 3.70. The van der Waals surface area contributed by atoms with Crippen molar-refractivity contribution in [3.05, 3.63) is 0 Å². The lowest BCUT2D eigenvalue weighted by Gasteiger charge is -2.41. The molecule has 0 saturated carbocycles. The SMILES string of the molecule is CCCC(Cl)(C(F)(F)C(F)(F)F)C(F)(F)C(F)(F)F. The summed E-state index contributed by atoms with van der Waals surface area (Å²) in [5.74, 6) is -12.8. The molecule has 0 spiro atoms. The van der Waals surface area contributed by atoms with Gasteiger partial charge in [-0.25, -0.2) is 0 Å². The number of hydrogen-bond acceptors (Lipinski definition) is 0. The van der Waals surface area contributed by atoms with Crippen molar-refractivity contribution in [1.29, 1.82) is 0 Å². The summed E-state index contributed by atoms with van der Waals surface area (Å²) >= 11 is 4.45. The molecule has 0 nitrogen and oxygen atoms in total. The molecule has 0 saturated heterocycles. The minimum atomic E-state index is -6.64. The quantitative estimate of drug-likeness (QED) is 0.494. The molecule has 0 aliphatic heterocycles. The van der Waals surface area contributed by atoms with Crippen LogP contribution in [0.25, 0.3) is 0 Å². The molecule has 0 N–H and O–H groups in total. The molecule has 0 aromatic rings. The lowest BCUT2D eigenvalue weighted by atomic mass is 9.87. The third-order valence-corrected chi connectivity index (χ3v) is 2.97. The zero-order valence-electron chi connectivity index (χ0n) is 9.07. The van der Waals surface area contributed by atoms with Gasteiger partial charge in [0.2, 0.25) is 0 Å². The molecule has 0 fully saturated rings. The average Bonchev–Trinajstić information content (AvgIpc) is 2.13. The van der Waals surface area contributed by atoms with E-state index in [1.807, 2.05) is 0 Å². The van der Waals surface area contributed by atoms with Crippen LogP contribution in [0.5, 0.6) is 0 Å². The Labute approximate surface area is 105 Å². The maximum atomic E-state index is 13.0. The first kappa shape index (κ1) is 18.6. The summed E-state index contributed by atoms with van der Waals surface area (Å²) in [6, 6.07) is 0. The minimum Gasteiger partial charge on any atom is -0.194 e. The van der Waals surface area contributed by atoms with Crippen LogP contribution in [0.3, 0.4) is 0 Å². The molecule has 19 heavy (non-hydrogen) atoms. The molecule has 0 aromatic heterocycles. The van der Waals surface area contributed by atoms with E-state index in [1.54, 1.807) is 0 Å². The molecule has 0 aliphatic rings. The van der Waals surface area contributed by atoms with Crippen LogP contribution in [0.1, 0.15) is 19.8 Å². The molecule has 0 aliphatic carbocycles. The summed E-state index contributed by atoms with van der Waals surface area (Å²) in [5, 5.41) is 0. The predicted octanol–water partition coefficient (Wildman–Crippen LogP) is 5.16. The Morgan fingerprint density at radius 2 is 0.947 bits per heavy atom. The highest BCUT2D eigenvalue weighted by atomic mass is 35.5. The second kappa shape index (κ2) is 4.85. The Balaban J connectivity index is 6.04. The van der Waals surface area contributed by atoms with Crippen molar-refractivity contribution in [2.45, 2.75) is 48.8 Å². The van der Waals surface area contributed by atoms with Crippen LogP contribution in [0.4, 0.5) is 43.9 Å². The van der Waals surface area contributed by atoms with Crippen molar-refractivity contribution in [2.75, 3.05) is 0 Å². The van der Waals surface area contributed by atoms with Gasteiger partial charge in [0.25, 0.3) is 0 Å². The summed E-state index contributed by atoms with van der Waals surface area (Å²) in [7, 11) is 0. The third kappa shape index (κ3) is 2.73. The first-order valence-corrected chi connectivity index (χ1v) is 5.02. The summed E-state index contributed by atoms with van der Waals surface area (Å²) < 4.78 is 124. The van der Waals surface area contributed by atoms with Gasteiger partial charge < -0.3 is 0 Å². The van der Waals surface area contributed by atoms with Crippen molar-refractivity contribution in [1.82, 2.24) is 0 Å². The van der Waals surface area contributed by atoms with E-state index in [9.17, 15) is 43.9 Å². The molecule has 116 valence electrons. The monoisotopic (exact) mass is 328 g/mol. The van der Waals surface area contributed by atoms with Crippen LogP contribution in [0, 0.1) is 0 Å². The maximum Gasteiger partial charge on any atom is 0.455 e. The fourth-order valence-electron chi connectivity index (χ4n) is 1.30. The molecule has 0 unspecified atom stereocenters. The largest absolute Gasteiger partial charge is 0.455 e. The summed E-state index contributed by atoms with van der Waals surface area (Å²) in [4.78, 5) is -5.13. The van der Waals surface area contributed by atoms with E-state index in [1.165, 1.54) is 0 Å². The van der Waals surface area contributed by atoms with E-state index < -0.39 is 41.9 Å². The van der Waals surface area contributed by atoms with Gasteiger partial charge in [0, 0.05) is 0 Å². The van der Waals surface area contributed by atoms with Crippen LogP contribution in [0.15, 0.2) is 0 Å².